The van der Waals surface area contributed by atoms with E-state index in [0.29, 0.717) is 13.1 Å². The van der Waals surface area contributed by atoms with Crippen molar-refractivity contribution in [3.63, 3.8) is 0 Å². The van der Waals surface area contributed by atoms with E-state index in [2.05, 4.69) is 20.4 Å². The average Bonchev–Trinajstić information content (AvgIpc) is 3.02. The lowest BCUT2D eigenvalue weighted by atomic mass is 9.98. The molecule has 1 aliphatic heterocycles. The highest BCUT2D eigenvalue weighted by Crippen LogP contribution is 2.25. The van der Waals surface area contributed by atoms with Crippen molar-refractivity contribution in [2.45, 2.75) is 19.4 Å². The predicted molar refractivity (Wildman–Crippen MR) is 91.8 cm³/mol. The van der Waals surface area contributed by atoms with Crippen molar-refractivity contribution in [2.75, 3.05) is 25.5 Å². The molecule has 1 unspecified atom stereocenters. The largest absolute Gasteiger partial charge is 0.497 e. The molecule has 1 atom stereocenters. The summed E-state index contributed by atoms with van der Waals surface area (Å²) in [4.78, 5) is 13.3. The Balaban J connectivity index is 1.57. The van der Waals surface area contributed by atoms with E-state index < -0.39 is 5.97 Å². The van der Waals surface area contributed by atoms with Gasteiger partial charge in [-0.2, -0.15) is 0 Å². The lowest BCUT2D eigenvalue weighted by molar-refractivity contribution is -0.143. The Morgan fingerprint density at radius 2 is 2.21 bits per heavy atom. The Bertz CT molecular complexity index is 689. The van der Waals surface area contributed by atoms with E-state index >= 15 is 0 Å². The van der Waals surface area contributed by atoms with Crippen LogP contribution < -0.4 is 10.1 Å². The molecule has 3 rings (SSSR count). The highest BCUT2D eigenvalue weighted by Gasteiger charge is 2.25. The second-order valence-electron chi connectivity index (χ2n) is 5.77. The van der Waals surface area contributed by atoms with Crippen LogP contribution in [0, 0.1) is 5.92 Å². The minimum atomic E-state index is -0.709. The zero-order valence-electron chi connectivity index (χ0n) is 13.4. The summed E-state index contributed by atoms with van der Waals surface area (Å²) in [5.74, 6) is -0.182. The van der Waals surface area contributed by atoms with Gasteiger partial charge in [0.15, 0.2) is 0 Å². The number of carboxylic acids is 1. The highest BCUT2D eigenvalue weighted by molar-refractivity contribution is 7.15. The van der Waals surface area contributed by atoms with Crippen LogP contribution >= 0.6 is 11.3 Å². The summed E-state index contributed by atoms with van der Waals surface area (Å²) in [5, 5.41) is 22.3. The fraction of sp³-hybridized carbons (Fsp3) is 0.438. The third-order valence-electron chi connectivity index (χ3n) is 4.02. The van der Waals surface area contributed by atoms with E-state index in [9.17, 15) is 4.79 Å². The van der Waals surface area contributed by atoms with Gasteiger partial charge < -0.3 is 15.2 Å². The first-order valence-electron chi connectivity index (χ1n) is 7.82. The number of likely N-dealkylation sites (tertiary alicyclic amines) is 1. The van der Waals surface area contributed by atoms with E-state index in [1.807, 2.05) is 24.3 Å². The van der Waals surface area contributed by atoms with Gasteiger partial charge in [0, 0.05) is 12.2 Å². The van der Waals surface area contributed by atoms with E-state index in [1.165, 1.54) is 11.3 Å². The SMILES string of the molecule is COc1ccc(Nc2nnc(CN3CCCC(C(=O)O)C3)s2)cc1. The molecular formula is C16H20N4O3S. The molecule has 0 saturated carbocycles. The van der Waals surface area contributed by atoms with Gasteiger partial charge in [0.1, 0.15) is 10.8 Å². The Hall–Kier alpha value is -2.19. The van der Waals surface area contributed by atoms with Gasteiger partial charge in [-0.15, -0.1) is 10.2 Å². The second kappa shape index (κ2) is 7.59. The molecule has 1 aromatic heterocycles. The van der Waals surface area contributed by atoms with Crippen LogP contribution in [0.2, 0.25) is 0 Å². The number of hydrogen-bond acceptors (Lipinski definition) is 7. The van der Waals surface area contributed by atoms with Crippen LogP contribution in [0.5, 0.6) is 5.75 Å². The monoisotopic (exact) mass is 348 g/mol. The number of benzene rings is 1. The zero-order valence-corrected chi connectivity index (χ0v) is 14.3. The first-order chi connectivity index (χ1) is 11.6. The molecule has 0 aliphatic carbocycles. The fourth-order valence-electron chi connectivity index (χ4n) is 2.76. The molecule has 1 aliphatic rings. The molecule has 1 fully saturated rings. The van der Waals surface area contributed by atoms with Gasteiger partial charge in [0.2, 0.25) is 5.13 Å². The number of carboxylic acid groups (broad SMARTS) is 1. The molecule has 0 bridgehead atoms. The Labute approximate surface area is 144 Å². The smallest absolute Gasteiger partial charge is 0.307 e. The molecule has 8 heteroatoms. The van der Waals surface area contributed by atoms with Crippen molar-refractivity contribution < 1.29 is 14.6 Å². The minimum absolute atomic E-state index is 0.274. The standard InChI is InChI=1S/C16H20N4O3S/c1-23-13-6-4-12(5-7-13)17-16-19-18-14(24-16)10-20-8-2-3-11(9-20)15(21)22/h4-7,11H,2-3,8-10H2,1H3,(H,17,19)(H,21,22). The summed E-state index contributed by atoms with van der Waals surface area (Å²) in [6.07, 6.45) is 1.67. The Morgan fingerprint density at radius 3 is 2.92 bits per heavy atom. The number of piperidine rings is 1. The third kappa shape index (κ3) is 4.21. The number of methoxy groups -OCH3 is 1. The molecule has 24 heavy (non-hydrogen) atoms. The lowest BCUT2D eigenvalue weighted by Gasteiger charge is -2.29. The first kappa shape index (κ1) is 16.7. The number of nitrogens with one attached hydrogen (secondary N) is 1. The van der Waals surface area contributed by atoms with Gasteiger partial charge in [-0.05, 0) is 43.7 Å². The number of ether oxygens (including phenoxy) is 1. The molecule has 0 spiro atoms. The number of carbonyl (C=O) groups is 1. The Kier molecular flexibility index (Phi) is 5.27. The van der Waals surface area contributed by atoms with E-state index in [-0.39, 0.29) is 5.92 Å². The quantitative estimate of drug-likeness (QED) is 0.829. The second-order valence-corrected chi connectivity index (χ2v) is 6.83. The van der Waals surface area contributed by atoms with Crippen molar-refractivity contribution in [1.29, 1.82) is 0 Å². The van der Waals surface area contributed by atoms with Gasteiger partial charge in [-0.25, -0.2) is 0 Å². The number of anilines is 2. The van der Waals surface area contributed by atoms with Gasteiger partial charge in [0.25, 0.3) is 0 Å². The van der Waals surface area contributed by atoms with E-state index in [1.54, 1.807) is 7.11 Å². The number of aromatic nitrogens is 2. The number of hydrogen-bond donors (Lipinski definition) is 2. The van der Waals surface area contributed by atoms with Gasteiger partial charge in [0.05, 0.1) is 19.6 Å². The van der Waals surface area contributed by atoms with Crippen LogP contribution in [0.25, 0.3) is 0 Å². The molecule has 2 aromatic rings. The predicted octanol–water partition coefficient (Wildman–Crippen LogP) is 2.59. The average molecular weight is 348 g/mol. The number of nitrogens with zero attached hydrogens (tertiary/aromatic N) is 3. The molecule has 2 N–H and O–H groups in total. The van der Waals surface area contributed by atoms with E-state index in [0.717, 1.165) is 41.0 Å². The molecule has 128 valence electrons. The summed E-state index contributed by atoms with van der Waals surface area (Å²) < 4.78 is 5.13. The maximum Gasteiger partial charge on any atom is 0.307 e. The summed E-state index contributed by atoms with van der Waals surface area (Å²) in [7, 11) is 1.63. The maximum absolute atomic E-state index is 11.1. The van der Waals surface area contributed by atoms with Gasteiger partial charge >= 0.3 is 5.97 Å². The normalized spacial score (nSPS) is 18.3. The molecule has 1 saturated heterocycles. The van der Waals surface area contributed by atoms with Crippen molar-refractivity contribution in [2.24, 2.45) is 5.92 Å². The van der Waals surface area contributed by atoms with Crippen LogP contribution in [-0.4, -0.2) is 46.4 Å². The molecule has 0 amide bonds. The third-order valence-corrected chi connectivity index (χ3v) is 4.85. The minimum Gasteiger partial charge on any atom is -0.497 e. The van der Waals surface area contributed by atoms with Crippen LogP contribution in [-0.2, 0) is 11.3 Å². The summed E-state index contributed by atoms with van der Waals surface area (Å²) in [6, 6.07) is 7.60. The topological polar surface area (TPSA) is 87.6 Å². The van der Waals surface area contributed by atoms with Crippen molar-refractivity contribution in [1.82, 2.24) is 15.1 Å². The van der Waals surface area contributed by atoms with Crippen molar-refractivity contribution in [3.05, 3.63) is 29.3 Å². The first-order valence-corrected chi connectivity index (χ1v) is 8.64. The molecule has 0 radical (unpaired) electrons. The molecular weight excluding hydrogens is 328 g/mol. The lowest BCUT2D eigenvalue weighted by Crippen LogP contribution is -2.38. The Morgan fingerprint density at radius 1 is 1.42 bits per heavy atom. The number of aliphatic carboxylic acids is 1. The zero-order chi connectivity index (χ0) is 16.9. The summed E-state index contributed by atoms with van der Waals surface area (Å²) in [6.45, 7) is 2.13. The van der Waals surface area contributed by atoms with Crippen LogP contribution in [0.15, 0.2) is 24.3 Å². The summed E-state index contributed by atoms with van der Waals surface area (Å²) in [5.41, 5.74) is 0.919. The maximum atomic E-state index is 11.1. The number of rotatable bonds is 6. The van der Waals surface area contributed by atoms with Crippen LogP contribution in [0.1, 0.15) is 17.8 Å². The van der Waals surface area contributed by atoms with Crippen molar-refractivity contribution >= 4 is 28.1 Å². The molecule has 7 nitrogen and oxygen atoms in total. The highest BCUT2D eigenvalue weighted by atomic mass is 32.1. The van der Waals surface area contributed by atoms with E-state index in [4.69, 9.17) is 9.84 Å². The van der Waals surface area contributed by atoms with Crippen LogP contribution in [0.3, 0.4) is 0 Å². The van der Waals surface area contributed by atoms with Crippen molar-refractivity contribution in [3.8, 4) is 5.75 Å². The van der Waals surface area contributed by atoms with Gasteiger partial charge in [-0.1, -0.05) is 11.3 Å². The fourth-order valence-corrected chi connectivity index (χ4v) is 3.56. The molecule has 2 heterocycles. The summed E-state index contributed by atoms with van der Waals surface area (Å²) >= 11 is 1.49. The van der Waals surface area contributed by atoms with Gasteiger partial charge in [-0.3, -0.25) is 9.69 Å². The molecule has 1 aromatic carbocycles. The van der Waals surface area contributed by atoms with Crippen LogP contribution in [0.4, 0.5) is 10.8 Å².